The Morgan fingerprint density at radius 2 is 1.80 bits per heavy atom. The summed E-state index contributed by atoms with van der Waals surface area (Å²) in [6, 6.07) is 12.0. The van der Waals surface area contributed by atoms with Gasteiger partial charge in [0.15, 0.2) is 0 Å². The number of hydrogen-bond acceptors (Lipinski definition) is 5. The van der Waals surface area contributed by atoms with Gasteiger partial charge in [0.05, 0.1) is 25.4 Å². The Bertz CT molecular complexity index is 1120. The summed E-state index contributed by atoms with van der Waals surface area (Å²) in [6.45, 7) is 4.30. The molecule has 3 N–H and O–H groups in total. The van der Waals surface area contributed by atoms with Crippen LogP contribution in [0, 0.1) is 0 Å². The van der Waals surface area contributed by atoms with Crippen LogP contribution < -0.4 is 25.5 Å². The lowest BCUT2D eigenvalue weighted by Crippen LogP contribution is -2.35. The number of aromatic nitrogens is 1. The number of aromatic amines is 1. The van der Waals surface area contributed by atoms with Crippen LogP contribution in [0.15, 0.2) is 53.5 Å². The topological polar surface area (TPSA) is 110 Å². The number of benzene rings is 2. The van der Waals surface area contributed by atoms with Gasteiger partial charge >= 0.3 is 0 Å². The number of ether oxygens (including phenoxy) is 2. The van der Waals surface area contributed by atoms with Crippen molar-refractivity contribution in [3.63, 3.8) is 0 Å². The molecule has 0 saturated heterocycles. The smallest absolute Gasteiger partial charge is 0.257 e. The van der Waals surface area contributed by atoms with Crippen LogP contribution in [-0.2, 0) is 4.79 Å². The highest BCUT2D eigenvalue weighted by atomic mass is 16.5. The third kappa shape index (κ3) is 4.78. The van der Waals surface area contributed by atoms with Crippen LogP contribution in [-0.4, -0.2) is 36.6 Å². The zero-order chi connectivity index (χ0) is 21.5. The SMILES string of the molecule is CCOc1ccc(OCC)c(NC(=O)CNC(=O)c2c[nH]c3ccccc3c2=O)c1. The predicted octanol–water partition coefficient (Wildman–Crippen LogP) is 2.69. The number of carbonyl (C=O) groups excluding carboxylic acids is 2. The second-order valence-corrected chi connectivity index (χ2v) is 6.33. The molecule has 0 aliphatic rings. The van der Waals surface area contributed by atoms with Crippen molar-refractivity contribution in [3.8, 4) is 11.5 Å². The van der Waals surface area contributed by atoms with Crippen LogP contribution in [0.5, 0.6) is 11.5 Å². The molecule has 30 heavy (non-hydrogen) atoms. The molecule has 3 rings (SSSR count). The van der Waals surface area contributed by atoms with Crippen LogP contribution in [0.4, 0.5) is 5.69 Å². The summed E-state index contributed by atoms with van der Waals surface area (Å²) in [7, 11) is 0. The van der Waals surface area contributed by atoms with Gasteiger partial charge in [0.2, 0.25) is 11.3 Å². The molecular formula is C22H23N3O5. The molecule has 1 aromatic heterocycles. The molecule has 8 heteroatoms. The molecule has 156 valence electrons. The minimum Gasteiger partial charge on any atom is -0.494 e. The number of fused-ring (bicyclic) bond motifs is 1. The van der Waals surface area contributed by atoms with Crippen molar-refractivity contribution in [1.82, 2.24) is 10.3 Å². The number of carbonyl (C=O) groups is 2. The Balaban J connectivity index is 1.69. The highest BCUT2D eigenvalue weighted by Gasteiger charge is 2.15. The molecule has 0 atom stereocenters. The molecule has 0 unspecified atom stereocenters. The van der Waals surface area contributed by atoms with Gasteiger partial charge in [0.1, 0.15) is 17.1 Å². The van der Waals surface area contributed by atoms with Gasteiger partial charge in [0, 0.05) is 23.2 Å². The third-order valence-corrected chi connectivity index (χ3v) is 4.28. The van der Waals surface area contributed by atoms with E-state index in [0.29, 0.717) is 41.3 Å². The van der Waals surface area contributed by atoms with Crippen molar-refractivity contribution in [1.29, 1.82) is 0 Å². The molecule has 0 aliphatic heterocycles. The number of hydrogen-bond donors (Lipinski definition) is 3. The molecule has 8 nitrogen and oxygen atoms in total. The van der Waals surface area contributed by atoms with Crippen molar-refractivity contribution in [2.75, 3.05) is 25.1 Å². The molecule has 3 aromatic rings. The molecule has 2 aromatic carbocycles. The van der Waals surface area contributed by atoms with E-state index in [9.17, 15) is 14.4 Å². The van der Waals surface area contributed by atoms with Crippen LogP contribution in [0.3, 0.4) is 0 Å². The van der Waals surface area contributed by atoms with Crippen molar-refractivity contribution in [2.45, 2.75) is 13.8 Å². The van der Waals surface area contributed by atoms with E-state index in [2.05, 4.69) is 15.6 Å². The lowest BCUT2D eigenvalue weighted by Gasteiger charge is -2.14. The summed E-state index contributed by atoms with van der Waals surface area (Å²) in [6.07, 6.45) is 1.34. The molecule has 0 fully saturated rings. The fourth-order valence-corrected chi connectivity index (χ4v) is 2.93. The first-order chi connectivity index (χ1) is 14.5. The Morgan fingerprint density at radius 1 is 1.03 bits per heavy atom. The Labute approximate surface area is 173 Å². The largest absolute Gasteiger partial charge is 0.494 e. The number of nitrogens with one attached hydrogen (secondary N) is 3. The van der Waals surface area contributed by atoms with Crippen LogP contribution in [0.2, 0.25) is 0 Å². The van der Waals surface area contributed by atoms with Crippen LogP contribution >= 0.6 is 0 Å². The van der Waals surface area contributed by atoms with E-state index < -0.39 is 17.2 Å². The fourth-order valence-electron chi connectivity index (χ4n) is 2.93. The van der Waals surface area contributed by atoms with Gasteiger partial charge in [-0.15, -0.1) is 0 Å². The second-order valence-electron chi connectivity index (χ2n) is 6.33. The number of rotatable bonds is 8. The van der Waals surface area contributed by atoms with Gasteiger partial charge in [-0.25, -0.2) is 0 Å². The number of anilines is 1. The summed E-state index contributed by atoms with van der Waals surface area (Å²) in [5.41, 5.74) is 0.611. The van der Waals surface area contributed by atoms with E-state index in [4.69, 9.17) is 9.47 Å². The van der Waals surface area contributed by atoms with Crippen molar-refractivity contribution < 1.29 is 19.1 Å². The Morgan fingerprint density at radius 3 is 2.57 bits per heavy atom. The number of H-pyrrole nitrogens is 1. The van der Waals surface area contributed by atoms with Gasteiger partial charge in [-0.05, 0) is 38.1 Å². The van der Waals surface area contributed by atoms with E-state index in [1.165, 1.54) is 6.20 Å². The van der Waals surface area contributed by atoms with E-state index >= 15 is 0 Å². The van der Waals surface area contributed by atoms with Gasteiger partial charge in [-0.3, -0.25) is 14.4 Å². The number of para-hydroxylation sites is 1. The first-order valence-electron chi connectivity index (χ1n) is 9.61. The average Bonchev–Trinajstić information content (AvgIpc) is 2.74. The van der Waals surface area contributed by atoms with E-state index in [1.807, 2.05) is 13.8 Å². The Hall–Kier alpha value is -3.81. The van der Waals surface area contributed by atoms with Crippen molar-refractivity contribution >= 4 is 28.4 Å². The summed E-state index contributed by atoms with van der Waals surface area (Å²) in [5.74, 6) is -0.0185. The molecule has 0 spiro atoms. The maximum absolute atomic E-state index is 12.5. The zero-order valence-corrected chi connectivity index (χ0v) is 16.8. The van der Waals surface area contributed by atoms with Crippen LogP contribution in [0.25, 0.3) is 10.9 Å². The third-order valence-electron chi connectivity index (χ3n) is 4.28. The predicted molar refractivity (Wildman–Crippen MR) is 114 cm³/mol. The normalized spacial score (nSPS) is 10.5. The maximum atomic E-state index is 12.5. The van der Waals surface area contributed by atoms with Crippen molar-refractivity contribution in [2.24, 2.45) is 0 Å². The van der Waals surface area contributed by atoms with Gasteiger partial charge in [-0.2, -0.15) is 0 Å². The first-order valence-corrected chi connectivity index (χ1v) is 9.61. The lowest BCUT2D eigenvalue weighted by molar-refractivity contribution is -0.115. The average molecular weight is 409 g/mol. The second kappa shape index (κ2) is 9.60. The molecule has 0 saturated carbocycles. The zero-order valence-electron chi connectivity index (χ0n) is 16.8. The number of pyridine rings is 1. The van der Waals surface area contributed by atoms with Gasteiger partial charge in [-0.1, -0.05) is 12.1 Å². The van der Waals surface area contributed by atoms with Crippen LogP contribution in [0.1, 0.15) is 24.2 Å². The molecule has 0 aliphatic carbocycles. The van der Waals surface area contributed by atoms with Crippen molar-refractivity contribution in [3.05, 3.63) is 64.4 Å². The lowest BCUT2D eigenvalue weighted by atomic mass is 10.1. The molecular weight excluding hydrogens is 386 g/mol. The Kier molecular flexibility index (Phi) is 6.69. The highest BCUT2D eigenvalue weighted by Crippen LogP contribution is 2.29. The first kappa shape index (κ1) is 20.9. The number of amides is 2. The van der Waals surface area contributed by atoms with Gasteiger partial charge in [0.25, 0.3) is 5.91 Å². The minimum absolute atomic E-state index is 0.0603. The minimum atomic E-state index is -0.634. The van der Waals surface area contributed by atoms with E-state index in [1.54, 1.807) is 42.5 Å². The summed E-state index contributed by atoms with van der Waals surface area (Å²) < 4.78 is 11.0. The molecule has 2 amide bonds. The standard InChI is InChI=1S/C22H23N3O5/c1-3-29-14-9-10-19(30-4-2)18(11-14)25-20(26)13-24-22(28)16-12-23-17-8-6-5-7-15(17)21(16)27/h5-12H,3-4,13H2,1-2H3,(H,23,27)(H,24,28)(H,25,26). The quantitative estimate of drug-likeness (QED) is 0.530. The summed E-state index contributed by atoms with van der Waals surface area (Å²) in [5, 5.41) is 5.58. The van der Waals surface area contributed by atoms with E-state index in [-0.39, 0.29) is 12.1 Å². The molecule has 1 heterocycles. The summed E-state index contributed by atoms with van der Waals surface area (Å²) in [4.78, 5) is 40.2. The van der Waals surface area contributed by atoms with E-state index in [0.717, 1.165) is 0 Å². The van der Waals surface area contributed by atoms with Gasteiger partial charge < -0.3 is 25.1 Å². The molecule has 0 bridgehead atoms. The molecule has 0 radical (unpaired) electrons. The summed E-state index contributed by atoms with van der Waals surface area (Å²) >= 11 is 0. The highest BCUT2D eigenvalue weighted by molar-refractivity contribution is 6.01. The maximum Gasteiger partial charge on any atom is 0.257 e. The monoisotopic (exact) mass is 409 g/mol. The fraction of sp³-hybridized carbons (Fsp3) is 0.227.